The van der Waals surface area contributed by atoms with Crippen LogP contribution in [0.1, 0.15) is 22.3 Å². The number of amides is 1. The third-order valence-corrected chi connectivity index (χ3v) is 4.86. The number of nitrogens with one attached hydrogen (secondary N) is 1. The van der Waals surface area contributed by atoms with Gasteiger partial charge in [0, 0.05) is 28.2 Å². The number of carbonyl (C=O) groups excluding carboxylic acids is 1. The van der Waals surface area contributed by atoms with E-state index in [2.05, 4.69) is 18.0 Å². The molecule has 0 saturated carbocycles. The largest absolute Gasteiger partial charge is 0.493 e. The van der Waals surface area contributed by atoms with Crippen molar-refractivity contribution in [3.8, 4) is 17.6 Å². The molecule has 2 aromatic rings. The fourth-order valence-corrected chi connectivity index (χ4v) is 3.44. The molecule has 2 rings (SSSR count). The molecule has 140 valence electrons. The summed E-state index contributed by atoms with van der Waals surface area (Å²) in [5, 5.41) is 11.7. The highest BCUT2D eigenvalue weighted by Gasteiger charge is 2.16. The summed E-state index contributed by atoms with van der Waals surface area (Å²) in [5.41, 5.74) is 2.01. The summed E-state index contributed by atoms with van der Waals surface area (Å²) in [5.74, 6) is 1.53. The van der Waals surface area contributed by atoms with E-state index in [0.717, 1.165) is 10.5 Å². The number of nitrogens with zero attached hydrogens (tertiary/aromatic N) is 1. The maximum absolute atomic E-state index is 12.8. The standard InChI is InChI=1S/C21H22N2O3S/c1-4-8-15-13-16(14-18(25-2)20(15)26-3)21(24)23-17-9-5-6-10-19(17)27-12-7-11-22/h4-6,9-10,13-14H,1,7-8,12H2,2-3H3,(H,23,24). The summed E-state index contributed by atoms with van der Waals surface area (Å²) in [4.78, 5) is 13.7. The van der Waals surface area contributed by atoms with Crippen molar-refractivity contribution in [2.24, 2.45) is 0 Å². The Morgan fingerprint density at radius 1 is 1.30 bits per heavy atom. The minimum absolute atomic E-state index is 0.241. The topological polar surface area (TPSA) is 71.4 Å². The second kappa shape index (κ2) is 10.3. The molecule has 6 heteroatoms. The van der Waals surface area contributed by atoms with Gasteiger partial charge in [0.25, 0.3) is 5.91 Å². The minimum atomic E-state index is -0.241. The van der Waals surface area contributed by atoms with Crippen LogP contribution >= 0.6 is 11.8 Å². The van der Waals surface area contributed by atoms with E-state index >= 15 is 0 Å². The number of allylic oxidation sites excluding steroid dienone is 1. The molecule has 27 heavy (non-hydrogen) atoms. The van der Waals surface area contributed by atoms with Gasteiger partial charge in [0.15, 0.2) is 11.5 Å². The van der Waals surface area contributed by atoms with Crippen LogP contribution in [0.25, 0.3) is 0 Å². The highest BCUT2D eigenvalue weighted by atomic mass is 32.2. The van der Waals surface area contributed by atoms with Gasteiger partial charge in [-0.2, -0.15) is 5.26 Å². The second-order valence-corrected chi connectivity index (χ2v) is 6.71. The molecule has 0 aromatic heterocycles. The van der Waals surface area contributed by atoms with Crippen molar-refractivity contribution in [1.29, 1.82) is 5.26 Å². The zero-order chi connectivity index (χ0) is 19.6. The second-order valence-electron chi connectivity index (χ2n) is 5.57. The van der Waals surface area contributed by atoms with Gasteiger partial charge < -0.3 is 14.8 Å². The van der Waals surface area contributed by atoms with Crippen molar-refractivity contribution >= 4 is 23.4 Å². The Bertz CT molecular complexity index is 859. The molecule has 0 radical (unpaired) electrons. The van der Waals surface area contributed by atoms with E-state index in [1.807, 2.05) is 24.3 Å². The molecule has 0 fully saturated rings. The molecular weight excluding hydrogens is 360 g/mol. The number of hydrogen-bond donors (Lipinski definition) is 1. The highest BCUT2D eigenvalue weighted by molar-refractivity contribution is 7.99. The predicted molar refractivity (Wildman–Crippen MR) is 109 cm³/mol. The van der Waals surface area contributed by atoms with Crippen molar-refractivity contribution < 1.29 is 14.3 Å². The zero-order valence-corrected chi connectivity index (χ0v) is 16.3. The third-order valence-electron chi connectivity index (χ3n) is 3.79. The van der Waals surface area contributed by atoms with Crippen LogP contribution in [0.5, 0.6) is 11.5 Å². The normalized spacial score (nSPS) is 9.96. The summed E-state index contributed by atoms with van der Waals surface area (Å²) < 4.78 is 10.8. The van der Waals surface area contributed by atoms with Crippen LogP contribution in [0.2, 0.25) is 0 Å². The van der Waals surface area contributed by atoms with Crippen LogP contribution in [-0.4, -0.2) is 25.9 Å². The summed E-state index contributed by atoms with van der Waals surface area (Å²) in [6.07, 6.45) is 2.76. The van der Waals surface area contributed by atoms with Gasteiger partial charge >= 0.3 is 0 Å². The Morgan fingerprint density at radius 3 is 2.74 bits per heavy atom. The Labute approximate surface area is 164 Å². The first-order valence-electron chi connectivity index (χ1n) is 8.40. The lowest BCUT2D eigenvalue weighted by molar-refractivity contribution is 0.102. The summed E-state index contributed by atoms with van der Waals surface area (Å²) in [6, 6.07) is 13.1. The summed E-state index contributed by atoms with van der Waals surface area (Å²) in [6.45, 7) is 3.75. The number of ether oxygens (including phenoxy) is 2. The zero-order valence-electron chi connectivity index (χ0n) is 15.5. The van der Waals surface area contributed by atoms with Gasteiger partial charge in [0.1, 0.15) is 0 Å². The van der Waals surface area contributed by atoms with Crippen LogP contribution in [0, 0.1) is 11.3 Å². The Morgan fingerprint density at radius 2 is 2.07 bits per heavy atom. The Hall–Kier alpha value is -2.91. The van der Waals surface area contributed by atoms with Crippen molar-refractivity contribution in [3.63, 3.8) is 0 Å². The number of anilines is 1. The Balaban J connectivity index is 2.30. The number of rotatable bonds is 9. The molecule has 0 aliphatic carbocycles. The highest BCUT2D eigenvalue weighted by Crippen LogP contribution is 2.34. The number of carbonyl (C=O) groups is 1. The van der Waals surface area contributed by atoms with Crippen molar-refractivity contribution in [2.45, 2.75) is 17.7 Å². The molecule has 1 N–H and O–H groups in total. The molecule has 0 heterocycles. The van der Waals surface area contributed by atoms with Crippen molar-refractivity contribution in [2.75, 3.05) is 25.3 Å². The first-order chi connectivity index (χ1) is 13.1. The molecule has 0 bridgehead atoms. The number of benzene rings is 2. The maximum atomic E-state index is 12.8. The first kappa shape index (κ1) is 20.4. The van der Waals surface area contributed by atoms with Gasteiger partial charge in [-0.25, -0.2) is 0 Å². The predicted octanol–water partition coefficient (Wildman–Crippen LogP) is 4.69. The smallest absolute Gasteiger partial charge is 0.255 e. The van der Waals surface area contributed by atoms with Crippen LogP contribution in [-0.2, 0) is 6.42 Å². The minimum Gasteiger partial charge on any atom is -0.493 e. The van der Waals surface area contributed by atoms with Crippen molar-refractivity contribution in [1.82, 2.24) is 0 Å². The van der Waals surface area contributed by atoms with Gasteiger partial charge in [0.05, 0.1) is 26.0 Å². The van der Waals surface area contributed by atoms with Gasteiger partial charge in [0.2, 0.25) is 0 Å². The van der Waals surface area contributed by atoms with E-state index in [1.165, 1.54) is 11.8 Å². The average Bonchev–Trinajstić information content (AvgIpc) is 2.69. The molecule has 0 aliphatic rings. The van der Waals surface area contributed by atoms with Crippen LogP contribution in [0.3, 0.4) is 0 Å². The number of thioether (sulfide) groups is 1. The van der Waals surface area contributed by atoms with Gasteiger partial charge in [-0.3, -0.25) is 4.79 Å². The molecule has 1 amide bonds. The monoisotopic (exact) mass is 382 g/mol. The lowest BCUT2D eigenvalue weighted by Crippen LogP contribution is -2.13. The number of hydrogen-bond acceptors (Lipinski definition) is 5. The lowest BCUT2D eigenvalue weighted by atomic mass is 10.0. The molecular formula is C21H22N2O3S. The van der Waals surface area contributed by atoms with Gasteiger partial charge in [-0.1, -0.05) is 18.2 Å². The van der Waals surface area contributed by atoms with Crippen LogP contribution in [0.4, 0.5) is 5.69 Å². The van der Waals surface area contributed by atoms with Gasteiger partial charge in [-0.15, -0.1) is 18.3 Å². The van der Waals surface area contributed by atoms with E-state index in [4.69, 9.17) is 14.7 Å². The fourth-order valence-electron chi connectivity index (χ4n) is 2.58. The quantitative estimate of drug-likeness (QED) is 0.387. The molecule has 0 saturated heterocycles. The lowest BCUT2D eigenvalue weighted by Gasteiger charge is -2.15. The van der Waals surface area contributed by atoms with E-state index in [0.29, 0.717) is 41.3 Å². The first-order valence-corrected chi connectivity index (χ1v) is 9.39. The SMILES string of the molecule is C=CCc1cc(C(=O)Nc2ccccc2SCCC#N)cc(OC)c1OC. The molecule has 2 aromatic carbocycles. The molecule has 5 nitrogen and oxygen atoms in total. The number of para-hydroxylation sites is 1. The molecule has 0 spiro atoms. The molecule has 0 unspecified atom stereocenters. The van der Waals surface area contributed by atoms with Crippen LogP contribution in [0.15, 0.2) is 53.9 Å². The van der Waals surface area contributed by atoms with Crippen LogP contribution < -0.4 is 14.8 Å². The third kappa shape index (κ3) is 5.28. The maximum Gasteiger partial charge on any atom is 0.255 e. The summed E-state index contributed by atoms with van der Waals surface area (Å²) >= 11 is 1.54. The number of methoxy groups -OCH3 is 2. The van der Waals surface area contributed by atoms with Gasteiger partial charge in [-0.05, 0) is 30.7 Å². The van der Waals surface area contributed by atoms with E-state index < -0.39 is 0 Å². The van der Waals surface area contributed by atoms with E-state index in [-0.39, 0.29) is 5.91 Å². The summed E-state index contributed by atoms with van der Waals surface area (Å²) in [7, 11) is 3.11. The van der Waals surface area contributed by atoms with E-state index in [9.17, 15) is 4.79 Å². The Kier molecular flexibility index (Phi) is 7.78. The number of nitriles is 1. The van der Waals surface area contributed by atoms with Crippen molar-refractivity contribution in [3.05, 3.63) is 60.2 Å². The fraction of sp³-hybridized carbons (Fsp3) is 0.238. The molecule has 0 aliphatic heterocycles. The average molecular weight is 382 g/mol. The molecule has 0 atom stereocenters. The van der Waals surface area contributed by atoms with E-state index in [1.54, 1.807) is 32.4 Å².